The molecule has 2 saturated heterocycles. The highest BCUT2D eigenvalue weighted by Gasteiger charge is 2.41. The van der Waals surface area contributed by atoms with E-state index in [1.165, 1.54) is 0 Å². The molecule has 3 fully saturated rings. The van der Waals surface area contributed by atoms with Crippen LogP contribution in [0.25, 0.3) is 11.3 Å². The Labute approximate surface area is 216 Å². The maximum Gasteiger partial charge on any atom is 0.215 e. The van der Waals surface area contributed by atoms with E-state index in [0.29, 0.717) is 48.1 Å². The number of rotatable bonds is 8. The van der Waals surface area contributed by atoms with Gasteiger partial charge in [-0.2, -0.15) is 0 Å². The van der Waals surface area contributed by atoms with Gasteiger partial charge in [-0.3, -0.25) is 0 Å². The number of aliphatic hydroxyl groups excluding tert-OH is 1. The average molecular weight is 505 g/mol. The fraction of sp³-hybridized carbons (Fsp3) is 0.444. The Morgan fingerprint density at radius 2 is 1.84 bits per heavy atom. The highest BCUT2D eigenvalue weighted by molar-refractivity contribution is 5.74. The van der Waals surface area contributed by atoms with Crippen LogP contribution in [0.15, 0.2) is 48.7 Å². The Bertz CT molecular complexity index is 1240. The molecule has 0 radical (unpaired) electrons. The molecule has 37 heavy (non-hydrogen) atoms. The van der Waals surface area contributed by atoms with Gasteiger partial charge in [0.2, 0.25) is 5.88 Å². The quantitative estimate of drug-likeness (QED) is 0.443. The van der Waals surface area contributed by atoms with E-state index in [0.717, 1.165) is 42.9 Å². The second-order valence-corrected chi connectivity index (χ2v) is 9.96. The van der Waals surface area contributed by atoms with E-state index in [9.17, 15) is 5.11 Å². The Morgan fingerprint density at radius 1 is 1.05 bits per heavy atom. The van der Waals surface area contributed by atoms with Gasteiger partial charge >= 0.3 is 0 Å². The van der Waals surface area contributed by atoms with Crippen molar-refractivity contribution in [2.75, 3.05) is 42.5 Å². The minimum absolute atomic E-state index is 0.0488. The fourth-order valence-electron chi connectivity index (χ4n) is 5.65. The molecule has 1 aromatic carbocycles. The molecule has 4 heterocycles. The zero-order valence-electron chi connectivity index (χ0n) is 20.9. The Hall–Kier alpha value is -3.63. The number of nitrogen functional groups attached to an aromatic ring is 1. The molecule has 0 spiro atoms. The molecule has 3 aromatic rings. The second kappa shape index (κ2) is 10.0. The lowest BCUT2D eigenvalue weighted by atomic mass is 9.92. The number of benzene rings is 1. The number of hydrogen-bond acceptors (Lipinski definition) is 10. The lowest BCUT2D eigenvalue weighted by Gasteiger charge is -2.43. The van der Waals surface area contributed by atoms with Gasteiger partial charge in [0.25, 0.3) is 0 Å². The number of aromatic nitrogens is 3. The van der Waals surface area contributed by atoms with Crippen LogP contribution in [0.1, 0.15) is 25.7 Å². The van der Waals surface area contributed by atoms with Gasteiger partial charge < -0.3 is 34.9 Å². The summed E-state index contributed by atoms with van der Waals surface area (Å²) in [4.78, 5) is 9.23. The van der Waals surface area contributed by atoms with Gasteiger partial charge in [-0.25, -0.2) is 4.98 Å². The molecule has 6 rings (SSSR count). The summed E-state index contributed by atoms with van der Waals surface area (Å²) in [5.74, 6) is 1.73. The van der Waals surface area contributed by atoms with E-state index in [4.69, 9.17) is 19.9 Å². The number of ether oxygens (including phenoxy) is 3. The van der Waals surface area contributed by atoms with Crippen LogP contribution in [0.2, 0.25) is 0 Å². The molecule has 2 aliphatic heterocycles. The van der Waals surface area contributed by atoms with Crippen LogP contribution in [0.3, 0.4) is 0 Å². The highest BCUT2D eigenvalue weighted by atomic mass is 16.7. The lowest BCUT2D eigenvalue weighted by Crippen LogP contribution is -2.54. The van der Waals surface area contributed by atoms with Gasteiger partial charge in [0, 0.05) is 68.6 Å². The monoisotopic (exact) mass is 504 g/mol. The van der Waals surface area contributed by atoms with Crippen LogP contribution in [0.4, 0.5) is 17.2 Å². The standard InChI is InChI=1S/C27H32N6O4/c1-35-16-36-25-5-3-2-4-22(25)23-13-24(27(28)31-30-23)32-14-18-6-7-19(15-32)33(18)17-8-9-29-26(10-17)37-21-11-20(34)12-21/h2-5,8-10,13,18-21,34H,6-7,11-12,14-16H2,1H3,(H2,28,31). The van der Waals surface area contributed by atoms with Crippen molar-refractivity contribution in [1.82, 2.24) is 15.2 Å². The molecule has 1 saturated carbocycles. The van der Waals surface area contributed by atoms with Gasteiger partial charge in [0.15, 0.2) is 12.6 Å². The van der Waals surface area contributed by atoms with Crippen LogP contribution in [-0.2, 0) is 4.74 Å². The minimum atomic E-state index is -0.251. The molecule has 3 aliphatic rings. The molecule has 2 unspecified atom stereocenters. The number of hydrogen-bond donors (Lipinski definition) is 2. The van der Waals surface area contributed by atoms with Crippen LogP contribution in [0, 0.1) is 0 Å². The number of methoxy groups -OCH3 is 1. The summed E-state index contributed by atoms with van der Waals surface area (Å²) < 4.78 is 16.8. The lowest BCUT2D eigenvalue weighted by molar-refractivity contribution is -0.0128. The molecule has 2 atom stereocenters. The summed E-state index contributed by atoms with van der Waals surface area (Å²) in [6.45, 7) is 1.82. The van der Waals surface area contributed by atoms with Crippen molar-refractivity contribution < 1.29 is 19.3 Å². The predicted molar refractivity (Wildman–Crippen MR) is 140 cm³/mol. The molecule has 3 N–H and O–H groups in total. The van der Waals surface area contributed by atoms with Crippen molar-refractivity contribution in [2.45, 2.75) is 50.0 Å². The number of fused-ring (bicyclic) bond motifs is 2. The third-order valence-corrected chi connectivity index (χ3v) is 7.49. The molecule has 1 aliphatic carbocycles. The Morgan fingerprint density at radius 3 is 2.59 bits per heavy atom. The van der Waals surface area contributed by atoms with Crippen molar-refractivity contribution in [1.29, 1.82) is 0 Å². The normalized spacial score (nSPS) is 24.6. The van der Waals surface area contributed by atoms with Gasteiger partial charge in [0.1, 0.15) is 11.9 Å². The van der Waals surface area contributed by atoms with Crippen molar-refractivity contribution in [3.05, 3.63) is 48.7 Å². The average Bonchev–Trinajstić information content (AvgIpc) is 3.16. The van der Waals surface area contributed by atoms with E-state index in [1.54, 1.807) is 7.11 Å². The zero-order chi connectivity index (χ0) is 25.4. The highest BCUT2D eigenvalue weighted by Crippen LogP contribution is 2.40. The molecular formula is C27H32N6O4. The molecule has 10 heteroatoms. The van der Waals surface area contributed by atoms with Gasteiger partial charge in [0.05, 0.1) is 17.5 Å². The van der Waals surface area contributed by atoms with E-state index in [1.807, 2.05) is 42.6 Å². The fourth-order valence-corrected chi connectivity index (χ4v) is 5.65. The largest absolute Gasteiger partial charge is 0.474 e. The first-order valence-corrected chi connectivity index (χ1v) is 12.8. The summed E-state index contributed by atoms with van der Waals surface area (Å²) in [6, 6.07) is 14.5. The van der Waals surface area contributed by atoms with Crippen LogP contribution in [-0.4, -0.2) is 71.6 Å². The first-order chi connectivity index (χ1) is 18.1. The Kier molecular flexibility index (Phi) is 6.43. The number of pyridine rings is 1. The third-order valence-electron chi connectivity index (χ3n) is 7.49. The van der Waals surface area contributed by atoms with Crippen LogP contribution < -0.4 is 25.0 Å². The molecule has 2 aromatic heterocycles. The molecule has 2 bridgehead atoms. The van der Waals surface area contributed by atoms with E-state index >= 15 is 0 Å². The number of nitrogens with two attached hydrogens (primary N) is 1. The van der Waals surface area contributed by atoms with Gasteiger partial charge in [-0.15, -0.1) is 10.2 Å². The summed E-state index contributed by atoms with van der Waals surface area (Å²) in [6.07, 6.45) is 5.16. The van der Waals surface area contributed by atoms with Crippen molar-refractivity contribution in [2.24, 2.45) is 0 Å². The zero-order valence-corrected chi connectivity index (χ0v) is 20.9. The van der Waals surface area contributed by atoms with Crippen LogP contribution >= 0.6 is 0 Å². The number of piperazine rings is 1. The molecule has 194 valence electrons. The molecule has 10 nitrogen and oxygen atoms in total. The van der Waals surface area contributed by atoms with E-state index < -0.39 is 0 Å². The Balaban J connectivity index is 1.21. The van der Waals surface area contributed by atoms with E-state index in [-0.39, 0.29) is 19.0 Å². The maximum absolute atomic E-state index is 9.56. The summed E-state index contributed by atoms with van der Waals surface area (Å²) in [5, 5.41) is 18.2. The number of anilines is 3. The minimum Gasteiger partial charge on any atom is -0.474 e. The van der Waals surface area contributed by atoms with Crippen LogP contribution in [0.5, 0.6) is 11.6 Å². The SMILES string of the molecule is COCOc1ccccc1-c1cc(N2CC3CCC(C2)N3c2ccnc(OC3CC(O)C3)c2)c(N)nn1. The molecule has 0 amide bonds. The predicted octanol–water partition coefficient (Wildman–Crippen LogP) is 2.86. The third kappa shape index (κ3) is 4.74. The van der Waals surface area contributed by atoms with Gasteiger partial charge in [-0.1, -0.05) is 12.1 Å². The van der Waals surface area contributed by atoms with Crippen molar-refractivity contribution in [3.8, 4) is 22.9 Å². The number of nitrogens with zero attached hydrogens (tertiary/aromatic N) is 5. The number of para-hydroxylation sites is 1. The smallest absolute Gasteiger partial charge is 0.215 e. The summed E-state index contributed by atoms with van der Waals surface area (Å²) in [5.41, 5.74) is 9.92. The molecular weight excluding hydrogens is 472 g/mol. The first kappa shape index (κ1) is 23.7. The number of aliphatic hydroxyl groups is 1. The first-order valence-electron chi connectivity index (χ1n) is 12.8. The van der Waals surface area contributed by atoms with Crippen molar-refractivity contribution >= 4 is 17.2 Å². The topological polar surface area (TPSA) is 119 Å². The second-order valence-electron chi connectivity index (χ2n) is 9.96. The van der Waals surface area contributed by atoms with E-state index in [2.05, 4.69) is 31.0 Å². The maximum atomic E-state index is 9.56. The summed E-state index contributed by atoms with van der Waals surface area (Å²) >= 11 is 0. The van der Waals surface area contributed by atoms with Gasteiger partial charge in [-0.05, 0) is 37.1 Å². The summed E-state index contributed by atoms with van der Waals surface area (Å²) in [7, 11) is 1.59. The van der Waals surface area contributed by atoms with Crippen molar-refractivity contribution in [3.63, 3.8) is 0 Å².